The van der Waals surface area contributed by atoms with Gasteiger partial charge in [0.15, 0.2) is 0 Å². The van der Waals surface area contributed by atoms with Crippen molar-refractivity contribution < 1.29 is 4.79 Å². The van der Waals surface area contributed by atoms with E-state index in [2.05, 4.69) is 26.8 Å². The normalized spacial score (nSPS) is 14.3. The molecule has 0 aliphatic heterocycles. The van der Waals surface area contributed by atoms with E-state index in [0.29, 0.717) is 12.4 Å². The van der Waals surface area contributed by atoms with Gasteiger partial charge in [-0.15, -0.1) is 10.2 Å². The monoisotopic (exact) mass is 325 g/mol. The molecule has 0 bridgehead atoms. The minimum atomic E-state index is -0.0832. The molecule has 0 saturated heterocycles. The molecule has 0 radical (unpaired) electrons. The summed E-state index contributed by atoms with van der Waals surface area (Å²) in [6.45, 7) is 2.77. The SMILES string of the molecule is Cc1ccccc1-c1nnn(CC(=O)NCCC2=CCCCC2)n1. The van der Waals surface area contributed by atoms with Crippen molar-refractivity contribution in [2.45, 2.75) is 45.6 Å². The number of nitrogens with one attached hydrogen (secondary N) is 1. The maximum atomic E-state index is 12.0. The lowest BCUT2D eigenvalue weighted by molar-refractivity contribution is -0.122. The molecule has 126 valence electrons. The Balaban J connectivity index is 1.50. The summed E-state index contributed by atoms with van der Waals surface area (Å²) < 4.78 is 0. The number of tetrazole rings is 1. The molecular formula is C18H23N5O. The lowest BCUT2D eigenvalue weighted by Gasteiger charge is -2.12. The molecular weight excluding hydrogens is 302 g/mol. The average molecular weight is 325 g/mol. The molecule has 2 aromatic rings. The van der Waals surface area contributed by atoms with Crippen LogP contribution in [0.2, 0.25) is 0 Å². The molecule has 6 nitrogen and oxygen atoms in total. The van der Waals surface area contributed by atoms with Crippen LogP contribution in [0.4, 0.5) is 0 Å². The molecule has 0 atom stereocenters. The van der Waals surface area contributed by atoms with Gasteiger partial charge in [0.2, 0.25) is 11.7 Å². The fourth-order valence-electron chi connectivity index (χ4n) is 2.92. The number of benzene rings is 1. The van der Waals surface area contributed by atoms with Gasteiger partial charge in [0.05, 0.1) is 0 Å². The highest BCUT2D eigenvalue weighted by atomic mass is 16.2. The number of aryl methyl sites for hydroxylation is 1. The number of nitrogens with zero attached hydrogens (tertiary/aromatic N) is 4. The van der Waals surface area contributed by atoms with Crippen LogP contribution in [-0.4, -0.2) is 32.7 Å². The number of hydrogen-bond acceptors (Lipinski definition) is 4. The van der Waals surface area contributed by atoms with Gasteiger partial charge in [0, 0.05) is 12.1 Å². The van der Waals surface area contributed by atoms with Crippen molar-refractivity contribution in [3.63, 3.8) is 0 Å². The highest BCUT2D eigenvalue weighted by Crippen LogP contribution is 2.19. The maximum absolute atomic E-state index is 12.0. The molecule has 1 aliphatic rings. The topological polar surface area (TPSA) is 72.7 Å². The Bertz CT molecular complexity index is 735. The van der Waals surface area contributed by atoms with E-state index in [-0.39, 0.29) is 12.5 Å². The predicted octanol–water partition coefficient (Wildman–Crippen LogP) is 2.66. The van der Waals surface area contributed by atoms with Crippen LogP contribution in [0.25, 0.3) is 11.4 Å². The number of carbonyl (C=O) groups excluding carboxylic acids is 1. The first kappa shape index (κ1) is 16.4. The van der Waals surface area contributed by atoms with Gasteiger partial charge < -0.3 is 5.32 Å². The van der Waals surface area contributed by atoms with Crippen LogP contribution >= 0.6 is 0 Å². The zero-order valence-electron chi connectivity index (χ0n) is 14.0. The second-order valence-corrected chi connectivity index (χ2v) is 6.17. The molecule has 0 unspecified atom stereocenters. The molecule has 3 rings (SSSR count). The van der Waals surface area contributed by atoms with Gasteiger partial charge in [-0.3, -0.25) is 4.79 Å². The summed E-state index contributed by atoms with van der Waals surface area (Å²) in [6.07, 6.45) is 8.14. The summed E-state index contributed by atoms with van der Waals surface area (Å²) in [5.74, 6) is 0.466. The molecule has 1 heterocycles. The highest BCUT2D eigenvalue weighted by molar-refractivity contribution is 5.75. The van der Waals surface area contributed by atoms with Crippen LogP contribution in [-0.2, 0) is 11.3 Å². The lowest BCUT2D eigenvalue weighted by atomic mass is 9.97. The molecule has 0 spiro atoms. The fraction of sp³-hybridized carbons (Fsp3) is 0.444. The molecule has 1 aliphatic carbocycles. The Morgan fingerprint density at radius 1 is 1.29 bits per heavy atom. The van der Waals surface area contributed by atoms with E-state index in [9.17, 15) is 4.79 Å². The number of hydrogen-bond donors (Lipinski definition) is 1. The van der Waals surface area contributed by atoms with Crippen molar-refractivity contribution in [1.82, 2.24) is 25.5 Å². The number of allylic oxidation sites excluding steroid dienone is 1. The summed E-state index contributed by atoms with van der Waals surface area (Å²) in [5, 5.41) is 15.3. The standard InChI is InChI=1S/C18H23N5O/c1-14-7-5-6-10-16(14)18-20-22-23(21-18)13-17(24)19-12-11-15-8-3-2-4-9-15/h5-8,10H,2-4,9,11-13H2,1H3,(H,19,24). The van der Waals surface area contributed by atoms with Crippen LogP contribution in [0.1, 0.15) is 37.7 Å². The smallest absolute Gasteiger partial charge is 0.243 e. The van der Waals surface area contributed by atoms with Gasteiger partial charge in [-0.2, -0.15) is 4.80 Å². The van der Waals surface area contributed by atoms with Gasteiger partial charge in [0.25, 0.3) is 0 Å². The van der Waals surface area contributed by atoms with Gasteiger partial charge in [-0.05, 0) is 49.8 Å². The third kappa shape index (κ3) is 4.28. The molecule has 6 heteroatoms. The van der Waals surface area contributed by atoms with Gasteiger partial charge in [-0.1, -0.05) is 35.9 Å². The Hall–Kier alpha value is -2.50. The summed E-state index contributed by atoms with van der Waals surface area (Å²) in [4.78, 5) is 13.4. The van der Waals surface area contributed by atoms with Crippen LogP contribution in [0, 0.1) is 6.92 Å². The summed E-state index contributed by atoms with van der Waals surface area (Å²) >= 11 is 0. The lowest BCUT2D eigenvalue weighted by Crippen LogP contribution is -2.29. The van der Waals surface area contributed by atoms with Crippen molar-refractivity contribution in [3.05, 3.63) is 41.5 Å². The average Bonchev–Trinajstić information content (AvgIpc) is 3.04. The second-order valence-electron chi connectivity index (χ2n) is 6.17. The number of aromatic nitrogens is 4. The van der Waals surface area contributed by atoms with Crippen molar-refractivity contribution in [2.24, 2.45) is 0 Å². The third-order valence-corrected chi connectivity index (χ3v) is 4.28. The Kier molecular flexibility index (Phi) is 5.36. The third-order valence-electron chi connectivity index (χ3n) is 4.28. The Labute approximate surface area is 142 Å². The van der Waals surface area contributed by atoms with Crippen molar-refractivity contribution in [3.8, 4) is 11.4 Å². The van der Waals surface area contributed by atoms with E-state index in [1.54, 1.807) is 0 Å². The van der Waals surface area contributed by atoms with E-state index in [1.807, 2.05) is 31.2 Å². The summed E-state index contributed by atoms with van der Waals surface area (Å²) in [5.41, 5.74) is 3.48. The van der Waals surface area contributed by atoms with E-state index >= 15 is 0 Å². The van der Waals surface area contributed by atoms with Crippen molar-refractivity contribution in [2.75, 3.05) is 6.54 Å². The molecule has 1 amide bonds. The molecule has 24 heavy (non-hydrogen) atoms. The number of amides is 1. The minimum absolute atomic E-state index is 0.0832. The quantitative estimate of drug-likeness (QED) is 0.829. The summed E-state index contributed by atoms with van der Waals surface area (Å²) in [7, 11) is 0. The van der Waals surface area contributed by atoms with Crippen LogP contribution < -0.4 is 5.32 Å². The van der Waals surface area contributed by atoms with E-state index < -0.39 is 0 Å². The van der Waals surface area contributed by atoms with Crippen LogP contribution in [0.15, 0.2) is 35.9 Å². The first-order chi connectivity index (χ1) is 11.7. The first-order valence-electron chi connectivity index (χ1n) is 8.51. The van der Waals surface area contributed by atoms with Gasteiger partial charge in [0.1, 0.15) is 6.54 Å². The van der Waals surface area contributed by atoms with Gasteiger partial charge in [-0.25, -0.2) is 0 Å². The molecule has 1 aromatic heterocycles. The Morgan fingerprint density at radius 3 is 2.96 bits per heavy atom. The van der Waals surface area contributed by atoms with Crippen molar-refractivity contribution in [1.29, 1.82) is 0 Å². The van der Waals surface area contributed by atoms with Gasteiger partial charge >= 0.3 is 0 Å². The minimum Gasteiger partial charge on any atom is -0.354 e. The van der Waals surface area contributed by atoms with Crippen LogP contribution in [0.5, 0.6) is 0 Å². The van der Waals surface area contributed by atoms with Crippen LogP contribution in [0.3, 0.4) is 0 Å². The number of carbonyl (C=O) groups is 1. The Morgan fingerprint density at radius 2 is 2.17 bits per heavy atom. The molecule has 0 fully saturated rings. The summed E-state index contributed by atoms with van der Waals surface area (Å²) in [6, 6.07) is 7.87. The second kappa shape index (κ2) is 7.86. The number of rotatable bonds is 6. The largest absolute Gasteiger partial charge is 0.354 e. The zero-order chi connectivity index (χ0) is 16.8. The first-order valence-corrected chi connectivity index (χ1v) is 8.51. The molecule has 1 aromatic carbocycles. The molecule has 1 N–H and O–H groups in total. The fourth-order valence-corrected chi connectivity index (χ4v) is 2.92. The van der Waals surface area contributed by atoms with E-state index in [1.165, 1.54) is 36.1 Å². The van der Waals surface area contributed by atoms with Crippen molar-refractivity contribution >= 4 is 5.91 Å². The molecule has 0 saturated carbocycles. The predicted molar refractivity (Wildman–Crippen MR) is 92.2 cm³/mol. The zero-order valence-corrected chi connectivity index (χ0v) is 14.0. The van der Waals surface area contributed by atoms with E-state index in [4.69, 9.17) is 0 Å². The highest BCUT2D eigenvalue weighted by Gasteiger charge is 2.11. The van der Waals surface area contributed by atoms with E-state index in [0.717, 1.165) is 17.5 Å². The maximum Gasteiger partial charge on any atom is 0.243 e.